The second kappa shape index (κ2) is 5.50. The monoisotopic (exact) mass is 228 g/mol. The van der Waals surface area contributed by atoms with Gasteiger partial charge in [-0.2, -0.15) is 0 Å². The number of rotatable bonds is 4. The SMILES string of the molecule is COCCC(C)C1(O)CCCC(C)(C)CC1. The van der Waals surface area contributed by atoms with E-state index in [1.54, 1.807) is 7.11 Å². The molecule has 96 valence electrons. The second-order valence-electron chi connectivity index (χ2n) is 6.30. The molecule has 2 atom stereocenters. The molecule has 16 heavy (non-hydrogen) atoms. The molecule has 0 aromatic rings. The van der Waals surface area contributed by atoms with Gasteiger partial charge in [0.05, 0.1) is 5.60 Å². The van der Waals surface area contributed by atoms with Gasteiger partial charge < -0.3 is 9.84 Å². The van der Waals surface area contributed by atoms with Crippen LogP contribution >= 0.6 is 0 Å². The molecule has 1 fully saturated rings. The maximum atomic E-state index is 10.7. The first-order chi connectivity index (χ1) is 7.40. The van der Waals surface area contributed by atoms with Crippen molar-refractivity contribution >= 4 is 0 Å². The Labute approximate surface area is 100 Å². The topological polar surface area (TPSA) is 29.5 Å². The molecule has 2 nitrogen and oxygen atoms in total. The van der Waals surface area contributed by atoms with E-state index in [-0.39, 0.29) is 0 Å². The summed E-state index contributed by atoms with van der Waals surface area (Å²) >= 11 is 0. The minimum absolute atomic E-state index is 0.348. The Kier molecular flexibility index (Phi) is 4.81. The Balaban J connectivity index is 2.55. The van der Waals surface area contributed by atoms with E-state index in [1.165, 1.54) is 6.42 Å². The quantitative estimate of drug-likeness (QED) is 0.747. The molecule has 1 saturated carbocycles. The summed E-state index contributed by atoms with van der Waals surface area (Å²) in [5.41, 5.74) is -0.0439. The standard InChI is InChI=1S/C14H28O2/c1-12(6-11-16-4)14(15)8-5-7-13(2,3)9-10-14/h12,15H,5-11H2,1-4H3. The molecule has 0 saturated heterocycles. The van der Waals surface area contributed by atoms with Crippen molar-refractivity contribution in [3.05, 3.63) is 0 Å². The van der Waals surface area contributed by atoms with Gasteiger partial charge in [-0.3, -0.25) is 0 Å². The van der Waals surface area contributed by atoms with Crippen LogP contribution in [0.1, 0.15) is 59.3 Å². The molecule has 0 radical (unpaired) electrons. The summed E-state index contributed by atoms with van der Waals surface area (Å²) in [4.78, 5) is 0. The smallest absolute Gasteiger partial charge is 0.0674 e. The van der Waals surface area contributed by atoms with Crippen LogP contribution in [0.3, 0.4) is 0 Å². The molecule has 1 N–H and O–H groups in total. The van der Waals surface area contributed by atoms with E-state index in [0.717, 1.165) is 38.7 Å². The molecule has 2 heteroatoms. The largest absolute Gasteiger partial charge is 0.390 e. The van der Waals surface area contributed by atoms with Crippen LogP contribution in [0, 0.1) is 11.3 Å². The third-order valence-corrected chi connectivity index (χ3v) is 4.37. The zero-order valence-electron chi connectivity index (χ0n) is 11.4. The van der Waals surface area contributed by atoms with Crippen LogP contribution in [0.25, 0.3) is 0 Å². The summed E-state index contributed by atoms with van der Waals surface area (Å²) in [5.74, 6) is 0.348. The summed E-state index contributed by atoms with van der Waals surface area (Å²) in [6, 6.07) is 0. The average Bonchev–Trinajstić information content (AvgIpc) is 2.35. The van der Waals surface area contributed by atoms with Gasteiger partial charge in [-0.15, -0.1) is 0 Å². The number of ether oxygens (including phenoxy) is 1. The maximum absolute atomic E-state index is 10.7. The summed E-state index contributed by atoms with van der Waals surface area (Å²) in [6.45, 7) is 7.56. The van der Waals surface area contributed by atoms with Gasteiger partial charge in [-0.05, 0) is 43.4 Å². The Hall–Kier alpha value is -0.0800. The predicted octanol–water partition coefficient (Wildman–Crippen LogP) is 3.38. The molecule has 2 unspecified atom stereocenters. The molecule has 0 heterocycles. The summed E-state index contributed by atoms with van der Waals surface area (Å²) in [6.07, 6.45) is 6.41. The van der Waals surface area contributed by atoms with E-state index in [9.17, 15) is 5.11 Å². The highest BCUT2D eigenvalue weighted by atomic mass is 16.5. The first kappa shape index (κ1) is 14.0. The predicted molar refractivity (Wildman–Crippen MR) is 67.5 cm³/mol. The van der Waals surface area contributed by atoms with Crippen LogP contribution in [0.2, 0.25) is 0 Å². The van der Waals surface area contributed by atoms with Crippen LogP contribution in [0.4, 0.5) is 0 Å². The highest BCUT2D eigenvalue weighted by Gasteiger charge is 2.37. The fourth-order valence-corrected chi connectivity index (χ4v) is 2.73. The van der Waals surface area contributed by atoms with Crippen molar-refractivity contribution in [1.82, 2.24) is 0 Å². The lowest BCUT2D eigenvalue weighted by molar-refractivity contribution is -0.0368. The second-order valence-corrected chi connectivity index (χ2v) is 6.30. The van der Waals surface area contributed by atoms with Crippen molar-refractivity contribution < 1.29 is 9.84 Å². The molecule has 1 aliphatic carbocycles. The highest BCUT2D eigenvalue weighted by Crippen LogP contribution is 2.41. The highest BCUT2D eigenvalue weighted by molar-refractivity contribution is 4.89. The minimum atomic E-state index is -0.452. The summed E-state index contributed by atoms with van der Waals surface area (Å²) < 4.78 is 5.11. The molecule has 0 aromatic heterocycles. The molecular weight excluding hydrogens is 200 g/mol. The molecule has 1 aliphatic rings. The zero-order chi connectivity index (χ0) is 12.2. The molecule has 0 aliphatic heterocycles. The minimum Gasteiger partial charge on any atom is -0.390 e. The molecule has 1 rings (SSSR count). The third kappa shape index (κ3) is 3.74. The van der Waals surface area contributed by atoms with E-state index < -0.39 is 5.60 Å². The van der Waals surface area contributed by atoms with Crippen LogP contribution in [0.15, 0.2) is 0 Å². The van der Waals surface area contributed by atoms with Gasteiger partial charge in [0.15, 0.2) is 0 Å². The molecule has 0 amide bonds. The number of methoxy groups -OCH3 is 1. The van der Waals surface area contributed by atoms with Crippen molar-refractivity contribution in [1.29, 1.82) is 0 Å². The first-order valence-electron chi connectivity index (χ1n) is 6.61. The van der Waals surface area contributed by atoms with Gasteiger partial charge in [0, 0.05) is 13.7 Å². The molecular formula is C14H28O2. The first-order valence-corrected chi connectivity index (χ1v) is 6.61. The lowest BCUT2D eigenvalue weighted by Gasteiger charge is -2.34. The Bertz CT molecular complexity index is 213. The van der Waals surface area contributed by atoms with Gasteiger partial charge in [0.2, 0.25) is 0 Å². The summed E-state index contributed by atoms with van der Waals surface area (Å²) in [7, 11) is 1.73. The van der Waals surface area contributed by atoms with E-state index in [1.807, 2.05) is 0 Å². The van der Waals surface area contributed by atoms with E-state index >= 15 is 0 Å². The zero-order valence-corrected chi connectivity index (χ0v) is 11.4. The van der Waals surface area contributed by atoms with Crippen LogP contribution in [-0.4, -0.2) is 24.4 Å². The fraction of sp³-hybridized carbons (Fsp3) is 1.00. The van der Waals surface area contributed by atoms with Crippen molar-refractivity contribution in [2.75, 3.05) is 13.7 Å². The van der Waals surface area contributed by atoms with Gasteiger partial charge in [-0.25, -0.2) is 0 Å². The van der Waals surface area contributed by atoms with Crippen LogP contribution in [0.5, 0.6) is 0 Å². The lowest BCUT2D eigenvalue weighted by Crippen LogP contribution is -2.36. The van der Waals surface area contributed by atoms with E-state index in [0.29, 0.717) is 11.3 Å². The van der Waals surface area contributed by atoms with Gasteiger partial charge >= 0.3 is 0 Å². The molecule has 0 aromatic carbocycles. The van der Waals surface area contributed by atoms with Crippen LogP contribution in [-0.2, 0) is 4.74 Å². The van der Waals surface area contributed by atoms with Crippen molar-refractivity contribution in [2.45, 2.75) is 64.9 Å². The summed E-state index contributed by atoms with van der Waals surface area (Å²) in [5, 5.41) is 10.7. The van der Waals surface area contributed by atoms with Crippen molar-refractivity contribution in [3.63, 3.8) is 0 Å². The maximum Gasteiger partial charge on any atom is 0.0674 e. The van der Waals surface area contributed by atoms with Gasteiger partial charge in [0.1, 0.15) is 0 Å². The Morgan fingerprint density at radius 1 is 1.19 bits per heavy atom. The van der Waals surface area contributed by atoms with Gasteiger partial charge in [-0.1, -0.05) is 27.2 Å². The molecule has 0 spiro atoms. The lowest BCUT2D eigenvalue weighted by atomic mass is 9.79. The van der Waals surface area contributed by atoms with Crippen molar-refractivity contribution in [2.24, 2.45) is 11.3 Å². The van der Waals surface area contributed by atoms with E-state index in [2.05, 4.69) is 20.8 Å². The molecule has 0 bridgehead atoms. The Morgan fingerprint density at radius 2 is 1.88 bits per heavy atom. The number of hydrogen-bond donors (Lipinski definition) is 1. The van der Waals surface area contributed by atoms with Gasteiger partial charge in [0.25, 0.3) is 0 Å². The normalized spacial score (nSPS) is 32.1. The van der Waals surface area contributed by atoms with Crippen LogP contribution < -0.4 is 0 Å². The van der Waals surface area contributed by atoms with E-state index in [4.69, 9.17) is 4.74 Å². The Morgan fingerprint density at radius 3 is 2.50 bits per heavy atom. The number of hydrogen-bond acceptors (Lipinski definition) is 2. The third-order valence-electron chi connectivity index (χ3n) is 4.37. The average molecular weight is 228 g/mol. The number of aliphatic hydroxyl groups is 1. The fourth-order valence-electron chi connectivity index (χ4n) is 2.73. The van der Waals surface area contributed by atoms with Crippen molar-refractivity contribution in [3.8, 4) is 0 Å².